The van der Waals surface area contributed by atoms with Crippen molar-refractivity contribution in [2.75, 3.05) is 0 Å². The molecule has 0 amide bonds. The number of benzene rings is 10. The quantitative estimate of drug-likeness (QED) is 0.172. The third-order valence-electron chi connectivity index (χ3n) is 15.2. The van der Waals surface area contributed by atoms with Gasteiger partial charge in [-0.2, -0.15) is 9.97 Å². The van der Waals surface area contributed by atoms with Gasteiger partial charge < -0.3 is 8.98 Å². The van der Waals surface area contributed by atoms with Crippen molar-refractivity contribution in [1.29, 1.82) is 0 Å². The van der Waals surface area contributed by atoms with Crippen molar-refractivity contribution in [3.8, 4) is 68.1 Å². The Morgan fingerprint density at radius 1 is 0.347 bits per heavy atom. The summed E-state index contributed by atoms with van der Waals surface area (Å²) < 4.78 is 11.4. The molecular formula is C65H38N6O. The first kappa shape index (κ1) is 39.2. The molecule has 72 heavy (non-hydrogen) atoms. The molecule has 10 aromatic carbocycles. The van der Waals surface area contributed by atoms with Crippen molar-refractivity contribution in [1.82, 2.24) is 29.1 Å². The van der Waals surface area contributed by atoms with Crippen molar-refractivity contribution in [3.63, 3.8) is 0 Å². The third-order valence-corrected chi connectivity index (χ3v) is 15.2. The normalized spacial score (nSPS) is 13.1. The summed E-state index contributed by atoms with van der Waals surface area (Å²) in [6, 6.07) is 81.9. The van der Waals surface area contributed by atoms with Gasteiger partial charge in [0, 0.05) is 38.4 Å². The van der Waals surface area contributed by atoms with Crippen LogP contribution in [0.2, 0.25) is 0 Å². The SMILES string of the molecule is c1ccc(-c2nc3cccc(-c4nc(-c5cccc6c5-c5ccccc5C65c6ccccc6-c6ccccc65)nc(-n5c6ccccc6c6ccc7c8ccccc8n(-c8ccccc8)c7c65)n4)c3o2)cc1. The second-order valence-electron chi connectivity index (χ2n) is 18.8. The molecule has 334 valence electrons. The molecule has 14 aromatic rings. The maximum absolute atomic E-state index is 6.74. The highest BCUT2D eigenvalue weighted by Crippen LogP contribution is 2.64. The van der Waals surface area contributed by atoms with Gasteiger partial charge in [-0.25, -0.2) is 9.97 Å². The highest BCUT2D eigenvalue weighted by atomic mass is 16.3. The van der Waals surface area contributed by atoms with Crippen molar-refractivity contribution in [2.24, 2.45) is 0 Å². The fourth-order valence-electron chi connectivity index (χ4n) is 12.4. The smallest absolute Gasteiger partial charge is 0.238 e. The van der Waals surface area contributed by atoms with E-state index in [0.717, 1.165) is 77.2 Å². The second kappa shape index (κ2) is 14.7. The van der Waals surface area contributed by atoms with Crippen LogP contribution in [0.3, 0.4) is 0 Å². The van der Waals surface area contributed by atoms with Crippen LogP contribution < -0.4 is 0 Å². The standard InChI is InChI=1S/C65H38N6O/c1-3-19-39(20-4-1)63-66-54-34-18-29-49(60(54)72-63)62-67-61(48-28-17-33-53-57(48)47-27-9-14-32-52(47)65(53)50-30-12-7-23-41(50)42-24-8-13-31-51(42)65)68-64(69-62)71-56-36-16-11-26-44(56)46-38-37-45-43-25-10-15-35-55(43)70(58(45)59(46)71)40-21-5-2-6-22-40/h1-38H. The minimum absolute atomic E-state index is 0.480. The van der Waals surface area contributed by atoms with Gasteiger partial charge in [0.2, 0.25) is 11.8 Å². The summed E-state index contributed by atoms with van der Waals surface area (Å²) in [5, 5.41) is 4.50. The Morgan fingerprint density at radius 2 is 0.847 bits per heavy atom. The number of hydrogen-bond acceptors (Lipinski definition) is 5. The summed E-state index contributed by atoms with van der Waals surface area (Å²) in [5.74, 6) is 2.06. The predicted octanol–water partition coefficient (Wildman–Crippen LogP) is 15.6. The second-order valence-corrected chi connectivity index (χ2v) is 18.8. The van der Waals surface area contributed by atoms with Crippen LogP contribution in [0.5, 0.6) is 0 Å². The van der Waals surface area contributed by atoms with Crippen molar-refractivity contribution in [3.05, 3.63) is 253 Å². The van der Waals surface area contributed by atoms with E-state index in [-0.39, 0.29) is 0 Å². The maximum Gasteiger partial charge on any atom is 0.238 e. The van der Waals surface area contributed by atoms with Crippen LogP contribution >= 0.6 is 0 Å². The number of para-hydroxylation sites is 4. The molecule has 0 atom stereocenters. The van der Waals surface area contributed by atoms with Gasteiger partial charge >= 0.3 is 0 Å². The van der Waals surface area contributed by atoms with E-state index in [9.17, 15) is 0 Å². The zero-order chi connectivity index (χ0) is 47.1. The zero-order valence-electron chi connectivity index (χ0n) is 38.5. The summed E-state index contributed by atoms with van der Waals surface area (Å²) in [6.45, 7) is 0. The first-order valence-electron chi connectivity index (χ1n) is 24.4. The summed E-state index contributed by atoms with van der Waals surface area (Å²) in [7, 11) is 0. The average Bonchev–Trinajstić information content (AvgIpc) is 4.26. The van der Waals surface area contributed by atoms with Crippen LogP contribution in [-0.4, -0.2) is 29.1 Å². The molecule has 0 bridgehead atoms. The number of aromatic nitrogens is 6. The molecule has 0 unspecified atom stereocenters. The first-order valence-corrected chi connectivity index (χ1v) is 24.4. The molecule has 0 saturated heterocycles. The highest BCUT2D eigenvalue weighted by Gasteiger charge is 2.52. The van der Waals surface area contributed by atoms with Crippen molar-refractivity contribution < 1.29 is 4.42 Å². The van der Waals surface area contributed by atoms with Crippen LogP contribution in [0, 0.1) is 0 Å². The number of hydrogen-bond donors (Lipinski definition) is 0. The van der Waals surface area contributed by atoms with Gasteiger partial charge in [-0.15, -0.1) is 0 Å². The van der Waals surface area contributed by atoms with E-state index < -0.39 is 5.41 Å². The van der Waals surface area contributed by atoms with E-state index in [4.69, 9.17) is 24.4 Å². The Kier molecular flexibility index (Phi) is 7.97. The summed E-state index contributed by atoms with van der Waals surface area (Å²) >= 11 is 0. The lowest BCUT2D eigenvalue weighted by molar-refractivity contribution is 0.620. The number of rotatable bonds is 5. The number of fused-ring (bicyclic) bond motifs is 18. The predicted molar refractivity (Wildman–Crippen MR) is 289 cm³/mol. The van der Waals surface area contributed by atoms with Crippen LogP contribution in [-0.2, 0) is 5.41 Å². The molecule has 1 spiro atoms. The molecule has 4 aromatic heterocycles. The molecule has 0 N–H and O–H groups in total. The first-order chi connectivity index (χ1) is 35.7. The number of oxazole rings is 1. The zero-order valence-corrected chi connectivity index (χ0v) is 38.5. The highest BCUT2D eigenvalue weighted by molar-refractivity contribution is 6.23. The van der Waals surface area contributed by atoms with Gasteiger partial charge in [-0.1, -0.05) is 182 Å². The Balaban J connectivity index is 1.04. The molecule has 0 saturated carbocycles. The van der Waals surface area contributed by atoms with Crippen LogP contribution in [0.15, 0.2) is 235 Å². The Bertz CT molecular complexity index is 4540. The number of nitrogens with zero attached hydrogens (tertiary/aromatic N) is 6. The molecule has 0 fully saturated rings. The average molecular weight is 919 g/mol. The maximum atomic E-state index is 6.74. The summed E-state index contributed by atoms with van der Waals surface area (Å²) in [5.41, 5.74) is 18.4. The summed E-state index contributed by atoms with van der Waals surface area (Å²) in [4.78, 5) is 21.9. The topological polar surface area (TPSA) is 74.6 Å². The van der Waals surface area contributed by atoms with Gasteiger partial charge in [-0.05, 0) is 93.0 Å². The Labute approximate surface area is 412 Å². The van der Waals surface area contributed by atoms with Crippen molar-refractivity contribution in [2.45, 2.75) is 5.41 Å². The molecule has 16 rings (SSSR count). The Morgan fingerprint density at radius 3 is 1.54 bits per heavy atom. The van der Waals surface area contributed by atoms with Crippen LogP contribution in [0.4, 0.5) is 0 Å². The fourth-order valence-corrected chi connectivity index (χ4v) is 12.4. The van der Waals surface area contributed by atoms with E-state index >= 15 is 0 Å². The lowest BCUT2D eigenvalue weighted by Crippen LogP contribution is -2.25. The van der Waals surface area contributed by atoms with Gasteiger partial charge in [-0.3, -0.25) is 4.57 Å². The molecule has 0 radical (unpaired) electrons. The molecule has 0 aliphatic heterocycles. The monoisotopic (exact) mass is 918 g/mol. The summed E-state index contributed by atoms with van der Waals surface area (Å²) in [6.07, 6.45) is 0. The molecule has 7 heteroatoms. The van der Waals surface area contributed by atoms with Gasteiger partial charge in [0.25, 0.3) is 0 Å². The molecule has 2 aliphatic rings. The van der Waals surface area contributed by atoms with Crippen molar-refractivity contribution >= 4 is 54.7 Å². The molecule has 4 heterocycles. The minimum atomic E-state index is -0.545. The van der Waals surface area contributed by atoms with E-state index in [0.29, 0.717) is 29.1 Å². The van der Waals surface area contributed by atoms with E-state index in [2.05, 4.69) is 191 Å². The van der Waals surface area contributed by atoms with Gasteiger partial charge in [0.15, 0.2) is 17.2 Å². The van der Waals surface area contributed by atoms with E-state index in [1.807, 2.05) is 48.5 Å². The van der Waals surface area contributed by atoms with Crippen LogP contribution in [0.25, 0.3) is 123 Å². The van der Waals surface area contributed by atoms with E-state index in [1.165, 1.54) is 38.8 Å². The van der Waals surface area contributed by atoms with Gasteiger partial charge in [0.05, 0.1) is 33.0 Å². The minimum Gasteiger partial charge on any atom is -0.435 e. The van der Waals surface area contributed by atoms with Gasteiger partial charge in [0.1, 0.15) is 5.52 Å². The fraction of sp³-hybridized carbons (Fsp3) is 0.0154. The molecular weight excluding hydrogens is 881 g/mol. The lowest BCUT2D eigenvalue weighted by atomic mass is 9.70. The Hall–Kier alpha value is -9.72. The van der Waals surface area contributed by atoms with E-state index in [1.54, 1.807) is 0 Å². The van der Waals surface area contributed by atoms with Crippen LogP contribution in [0.1, 0.15) is 22.3 Å². The third kappa shape index (κ3) is 5.18. The molecule has 2 aliphatic carbocycles. The molecule has 7 nitrogen and oxygen atoms in total. The lowest BCUT2D eigenvalue weighted by Gasteiger charge is -2.30. The largest absolute Gasteiger partial charge is 0.435 e.